The first kappa shape index (κ1) is 21.2. The highest BCUT2D eigenvalue weighted by molar-refractivity contribution is 7.16. The zero-order valence-electron chi connectivity index (χ0n) is 17.2. The number of ether oxygens (including phenoxy) is 2. The van der Waals surface area contributed by atoms with Crippen LogP contribution in [0.25, 0.3) is 0 Å². The number of hydrogen-bond donors (Lipinski definition) is 1. The largest absolute Gasteiger partial charge is 0.497 e. The van der Waals surface area contributed by atoms with Gasteiger partial charge in [0.15, 0.2) is 0 Å². The molecule has 0 spiro atoms. The predicted octanol–water partition coefficient (Wildman–Crippen LogP) is 3.98. The minimum absolute atomic E-state index is 0.118. The average Bonchev–Trinajstić information content (AvgIpc) is 2.86. The number of anilines is 1. The van der Waals surface area contributed by atoms with Crippen molar-refractivity contribution in [2.24, 2.45) is 0 Å². The van der Waals surface area contributed by atoms with Crippen LogP contribution in [-0.2, 0) is 24.2 Å². The zero-order valence-corrected chi connectivity index (χ0v) is 18.0. The Bertz CT molecular complexity index is 917. The normalized spacial score (nSPS) is 13.3. The third kappa shape index (κ3) is 5.08. The van der Waals surface area contributed by atoms with Crippen LogP contribution in [0.2, 0.25) is 0 Å². The fourth-order valence-corrected chi connectivity index (χ4v) is 4.95. The highest BCUT2D eigenvalue weighted by atomic mass is 32.1. The third-order valence-electron chi connectivity index (χ3n) is 5.13. The van der Waals surface area contributed by atoms with Gasteiger partial charge < -0.3 is 14.8 Å². The number of benzene rings is 1. The van der Waals surface area contributed by atoms with Gasteiger partial charge in [0.05, 0.1) is 26.3 Å². The summed E-state index contributed by atoms with van der Waals surface area (Å²) in [6, 6.07) is 7.96. The first-order valence-electron chi connectivity index (χ1n) is 9.79. The Hall–Kier alpha value is -2.56. The second kappa shape index (κ2) is 9.77. The smallest absolute Gasteiger partial charge is 0.239 e. The minimum atomic E-state index is -0.118. The molecule has 0 saturated carbocycles. The van der Waals surface area contributed by atoms with Crippen LogP contribution in [0.15, 0.2) is 18.2 Å². The fraction of sp³-hybridized carbons (Fsp3) is 0.455. The molecule has 1 heterocycles. The molecule has 0 saturated heterocycles. The van der Waals surface area contributed by atoms with Crippen LogP contribution in [0, 0.1) is 11.3 Å². The van der Waals surface area contributed by atoms with Crippen molar-refractivity contribution in [1.82, 2.24) is 4.90 Å². The molecular weight excluding hydrogens is 386 g/mol. The van der Waals surface area contributed by atoms with Crippen molar-refractivity contribution in [1.29, 1.82) is 5.26 Å². The maximum atomic E-state index is 12.6. The molecule has 0 aliphatic heterocycles. The maximum absolute atomic E-state index is 12.6. The molecule has 0 unspecified atom stereocenters. The van der Waals surface area contributed by atoms with Crippen molar-refractivity contribution >= 4 is 22.2 Å². The van der Waals surface area contributed by atoms with Crippen LogP contribution in [0.1, 0.15) is 40.8 Å². The molecule has 0 bridgehead atoms. The molecule has 6 nitrogen and oxygen atoms in total. The summed E-state index contributed by atoms with van der Waals surface area (Å²) in [6.45, 7) is 0.787. The van der Waals surface area contributed by atoms with E-state index in [2.05, 4.69) is 11.4 Å². The molecule has 1 aromatic heterocycles. The number of hydrogen-bond acceptors (Lipinski definition) is 6. The topological polar surface area (TPSA) is 74.6 Å². The lowest BCUT2D eigenvalue weighted by Crippen LogP contribution is -2.30. The van der Waals surface area contributed by atoms with E-state index in [1.807, 2.05) is 30.1 Å². The van der Waals surface area contributed by atoms with E-state index in [-0.39, 0.29) is 12.5 Å². The molecule has 29 heavy (non-hydrogen) atoms. The Morgan fingerprint density at radius 2 is 2.03 bits per heavy atom. The number of aryl methyl sites for hydroxylation is 1. The van der Waals surface area contributed by atoms with Gasteiger partial charge in [0, 0.05) is 23.1 Å². The van der Waals surface area contributed by atoms with E-state index in [9.17, 15) is 10.1 Å². The van der Waals surface area contributed by atoms with E-state index >= 15 is 0 Å². The first-order chi connectivity index (χ1) is 14.0. The van der Waals surface area contributed by atoms with Crippen LogP contribution in [-0.4, -0.2) is 38.6 Å². The maximum Gasteiger partial charge on any atom is 0.239 e. The lowest BCUT2D eigenvalue weighted by atomic mass is 10.1. The van der Waals surface area contributed by atoms with Crippen LogP contribution >= 0.6 is 11.3 Å². The van der Waals surface area contributed by atoms with Crippen LogP contribution < -0.4 is 14.8 Å². The summed E-state index contributed by atoms with van der Waals surface area (Å²) in [4.78, 5) is 15.8. The summed E-state index contributed by atoms with van der Waals surface area (Å²) in [5.74, 6) is 1.34. The molecule has 2 aromatic rings. The standard InChI is InChI=1S/C22H27N3O3S/c1-25(13-15-9-10-16(27-2)11-19(15)28-3)14-21(26)24-22-18(12-23)17-7-5-4-6-8-20(17)29-22/h9-11H,4-8,13-14H2,1-3H3,(H,24,26). The van der Waals surface area contributed by atoms with Gasteiger partial charge in [-0.05, 0) is 44.4 Å². The summed E-state index contributed by atoms with van der Waals surface area (Å²) in [6.07, 6.45) is 5.40. The van der Waals surface area contributed by atoms with Gasteiger partial charge in [0.25, 0.3) is 0 Å². The number of rotatable bonds is 7. The van der Waals surface area contributed by atoms with Gasteiger partial charge in [-0.15, -0.1) is 11.3 Å². The van der Waals surface area contributed by atoms with Crippen LogP contribution in [0.5, 0.6) is 11.5 Å². The van der Waals surface area contributed by atoms with Gasteiger partial charge in [-0.3, -0.25) is 9.69 Å². The Labute approximate surface area is 176 Å². The van der Waals surface area contributed by atoms with Crippen molar-refractivity contribution in [2.45, 2.75) is 38.6 Å². The Kier molecular flexibility index (Phi) is 7.13. The molecule has 1 aliphatic rings. The molecular formula is C22H27N3O3S. The number of carbonyl (C=O) groups is 1. The van der Waals surface area contributed by atoms with Crippen LogP contribution in [0.3, 0.4) is 0 Å². The zero-order chi connectivity index (χ0) is 20.8. The molecule has 0 fully saturated rings. The number of fused-ring (bicyclic) bond motifs is 1. The molecule has 154 valence electrons. The summed E-state index contributed by atoms with van der Waals surface area (Å²) in [5, 5.41) is 13.3. The molecule has 1 N–H and O–H groups in total. The second-order valence-corrected chi connectivity index (χ2v) is 8.38. The molecule has 1 aromatic carbocycles. The molecule has 3 rings (SSSR count). The van der Waals surface area contributed by atoms with Gasteiger partial charge in [-0.25, -0.2) is 0 Å². The monoisotopic (exact) mass is 413 g/mol. The lowest BCUT2D eigenvalue weighted by molar-refractivity contribution is -0.117. The Morgan fingerprint density at radius 1 is 1.24 bits per heavy atom. The van der Waals surface area contributed by atoms with Gasteiger partial charge >= 0.3 is 0 Å². The van der Waals surface area contributed by atoms with E-state index in [1.165, 1.54) is 11.3 Å². The molecule has 1 aliphatic carbocycles. The summed E-state index contributed by atoms with van der Waals surface area (Å²) >= 11 is 1.56. The minimum Gasteiger partial charge on any atom is -0.497 e. The quantitative estimate of drug-likeness (QED) is 0.695. The summed E-state index contributed by atoms with van der Waals surface area (Å²) < 4.78 is 10.7. The van der Waals surface area contributed by atoms with Crippen molar-refractivity contribution in [3.8, 4) is 17.6 Å². The second-order valence-electron chi connectivity index (χ2n) is 7.28. The van der Waals surface area contributed by atoms with E-state index in [0.29, 0.717) is 17.1 Å². The van der Waals surface area contributed by atoms with E-state index in [1.54, 1.807) is 25.6 Å². The number of nitriles is 1. The SMILES string of the molecule is COc1ccc(CN(C)CC(=O)Nc2sc3c(c2C#N)CCCCC3)c(OC)c1. The first-order valence-corrected chi connectivity index (χ1v) is 10.6. The number of amides is 1. The lowest BCUT2D eigenvalue weighted by Gasteiger charge is -2.18. The van der Waals surface area contributed by atoms with Gasteiger partial charge in [-0.1, -0.05) is 12.5 Å². The molecule has 1 amide bonds. The summed E-state index contributed by atoms with van der Waals surface area (Å²) in [7, 11) is 5.12. The number of nitrogens with one attached hydrogen (secondary N) is 1. The Morgan fingerprint density at radius 3 is 2.76 bits per heavy atom. The van der Waals surface area contributed by atoms with Gasteiger partial charge in [0.2, 0.25) is 5.91 Å². The van der Waals surface area contributed by atoms with Gasteiger partial charge in [-0.2, -0.15) is 5.26 Å². The van der Waals surface area contributed by atoms with Crippen molar-refractivity contribution in [3.63, 3.8) is 0 Å². The van der Waals surface area contributed by atoms with Crippen molar-refractivity contribution in [3.05, 3.63) is 39.8 Å². The van der Waals surface area contributed by atoms with Crippen molar-refractivity contribution in [2.75, 3.05) is 33.1 Å². The average molecular weight is 414 g/mol. The van der Waals surface area contributed by atoms with Gasteiger partial charge in [0.1, 0.15) is 22.6 Å². The highest BCUT2D eigenvalue weighted by Crippen LogP contribution is 2.37. The van der Waals surface area contributed by atoms with E-state index in [0.717, 1.165) is 48.3 Å². The number of thiophene rings is 1. The fourth-order valence-electron chi connectivity index (χ4n) is 3.69. The highest BCUT2D eigenvalue weighted by Gasteiger charge is 2.21. The number of likely N-dealkylation sites (N-methyl/N-ethyl adjacent to an activating group) is 1. The van der Waals surface area contributed by atoms with Crippen LogP contribution in [0.4, 0.5) is 5.00 Å². The van der Waals surface area contributed by atoms with Crippen molar-refractivity contribution < 1.29 is 14.3 Å². The number of carbonyl (C=O) groups excluding carboxylic acids is 1. The predicted molar refractivity (Wildman–Crippen MR) is 115 cm³/mol. The summed E-state index contributed by atoms with van der Waals surface area (Å²) in [5.41, 5.74) is 2.77. The van der Waals surface area contributed by atoms with E-state index < -0.39 is 0 Å². The number of methoxy groups -OCH3 is 2. The third-order valence-corrected chi connectivity index (χ3v) is 6.34. The van der Waals surface area contributed by atoms with E-state index in [4.69, 9.17) is 9.47 Å². The molecule has 0 atom stereocenters. The Balaban J connectivity index is 1.65. The number of nitrogens with zero attached hydrogens (tertiary/aromatic N) is 2. The molecule has 0 radical (unpaired) electrons. The molecule has 7 heteroatoms.